The van der Waals surface area contributed by atoms with E-state index in [0.29, 0.717) is 6.54 Å². The van der Waals surface area contributed by atoms with Crippen molar-refractivity contribution < 1.29 is 9.59 Å². The summed E-state index contributed by atoms with van der Waals surface area (Å²) in [5.74, 6) is -0.337. The Morgan fingerprint density at radius 2 is 1.79 bits per heavy atom. The molecule has 0 aliphatic carbocycles. The summed E-state index contributed by atoms with van der Waals surface area (Å²) in [5.41, 5.74) is 3.99. The number of hydrogen-bond donors (Lipinski definition) is 1. The molecule has 1 aliphatic rings. The van der Waals surface area contributed by atoms with Crippen LogP contribution in [0.3, 0.4) is 0 Å². The number of anilines is 1. The molecule has 0 saturated carbocycles. The zero-order valence-corrected chi connectivity index (χ0v) is 13.7. The third kappa shape index (κ3) is 3.54. The summed E-state index contributed by atoms with van der Waals surface area (Å²) >= 11 is 0. The summed E-state index contributed by atoms with van der Waals surface area (Å²) < 4.78 is 0. The van der Waals surface area contributed by atoms with Crippen molar-refractivity contribution in [1.29, 1.82) is 0 Å². The van der Waals surface area contributed by atoms with Crippen LogP contribution in [0.5, 0.6) is 0 Å². The number of benzene rings is 2. The van der Waals surface area contributed by atoms with Gasteiger partial charge in [0, 0.05) is 18.3 Å². The van der Waals surface area contributed by atoms with Crippen molar-refractivity contribution in [3.05, 3.63) is 71.8 Å². The Bertz CT molecular complexity index is 781. The van der Waals surface area contributed by atoms with Crippen LogP contribution in [0.2, 0.25) is 0 Å². The minimum Gasteiger partial charge on any atom is -0.343 e. The minimum atomic E-state index is -0.253. The fourth-order valence-corrected chi connectivity index (χ4v) is 2.89. The van der Waals surface area contributed by atoms with Gasteiger partial charge in [0.05, 0.1) is 6.54 Å². The fraction of sp³-hybridized carbons (Fsp3) is 0.200. The molecule has 1 aliphatic heterocycles. The maximum absolute atomic E-state index is 12.4. The maximum Gasteiger partial charge on any atom is 0.246 e. The lowest BCUT2D eigenvalue weighted by molar-refractivity contribution is -0.122. The van der Waals surface area contributed by atoms with Crippen LogP contribution in [0.1, 0.15) is 18.1 Å². The molecule has 4 heteroatoms. The Morgan fingerprint density at radius 1 is 1.08 bits per heavy atom. The maximum atomic E-state index is 12.4. The molecule has 0 saturated heterocycles. The van der Waals surface area contributed by atoms with Gasteiger partial charge < -0.3 is 10.2 Å². The van der Waals surface area contributed by atoms with Gasteiger partial charge in [0.1, 0.15) is 0 Å². The zero-order valence-electron chi connectivity index (χ0n) is 13.7. The van der Waals surface area contributed by atoms with Gasteiger partial charge in [-0.2, -0.15) is 0 Å². The first kappa shape index (κ1) is 16.0. The molecule has 0 fully saturated rings. The van der Waals surface area contributed by atoms with E-state index in [0.717, 1.165) is 23.2 Å². The number of nitrogens with zero attached hydrogens (tertiary/aromatic N) is 1. The topological polar surface area (TPSA) is 49.4 Å². The van der Waals surface area contributed by atoms with Gasteiger partial charge in [-0.15, -0.1) is 0 Å². The standard InChI is InChI=1S/C20H20N2O2/c1-15(16-7-3-2-4-8-16)13-19(23)21-14-20(24)22-12-11-17-9-5-6-10-18(17)22/h2-10,13H,11-12,14H2,1H3,(H,21,23)/b15-13+. The Kier molecular flexibility index (Phi) is 4.75. The number of allylic oxidation sites excluding steroid dienone is 1. The minimum absolute atomic E-state index is 0.00569. The largest absolute Gasteiger partial charge is 0.343 e. The molecule has 3 rings (SSSR count). The summed E-state index contributed by atoms with van der Waals surface area (Å²) in [6, 6.07) is 17.6. The van der Waals surface area contributed by atoms with Crippen LogP contribution in [0.25, 0.3) is 5.57 Å². The molecule has 2 amide bonds. The third-order valence-corrected chi connectivity index (χ3v) is 4.18. The predicted molar refractivity (Wildman–Crippen MR) is 95.6 cm³/mol. The van der Waals surface area contributed by atoms with Gasteiger partial charge in [-0.25, -0.2) is 0 Å². The first-order valence-corrected chi connectivity index (χ1v) is 8.05. The molecule has 0 spiro atoms. The molecule has 0 radical (unpaired) electrons. The van der Waals surface area contributed by atoms with Gasteiger partial charge in [0.2, 0.25) is 11.8 Å². The van der Waals surface area contributed by atoms with Crippen molar-refractivity contribution in [2.45, 2.75) is 13.3 Å². The normalized spacial score (nSPS) is 13.5. The van der Waals surface area contributed by atoms with E-state index in [1.807, 2.05) is 61.5 Å². The molecule has 24 heavy (non-hydrogen) atoms. The molecule has 0 unspecified atom stereocenters. The highest BCUT2D eigenvalue weighted by Crippen LogP contribution is 2.27. The SMILES string of the molecule is C/C(=C\C(=O)NCC(=O)N1CCc2ccccc21)c1ccccc1. The van der Waals surface area contributed by atoms with Crippen LogP contribution in [0, 0.1) is 0 Å². The molecule has 1 N–H and O–H groups in total. The second kappa shape index (κ2) is 7.13. The number of hydrogen-bond acceptors (Lipinski definition) is 2. The van der Waals surface area contributed by atoms with Crippen LogP contribution in [0.15, 0.2) is 60.7 Å². The number of amides is 2. The lowest BCUT2D eigenvalue weighted by atomic mass is 10.1. The lowest BCUT2D eigenvalue weighted by Gasteiger charge is -2.17. The summed E-state index contributed by atoms with van der Waals surface area (Å²) in [6.45, 7) is 2.56. The number of rotatable bonds is 4. The van der Waals surface area contributed by atoms with Crippen molar-refractivity contribution >= 4 is 23.1 Å². The van der Waals surface area contributed by atoms with E-state index in [2.05, 4.69) is 5.32 Å². The highest BCUT2D eigenvalue weighted by atomic mass is 16.2. The molecule has 4 nitrogen and oxygen atoms in total. The molecule has 2 aromatic rings. The van der Waals surface area contributed by atoms with Crippen LogP contribution in [-0.4, -0.2) is 24.9 Å². The average molecular weight is 320 g/mol. The van der Waals surface area contributed by atoms with Gasteiger partial charge in [0.15, 0.2) is 0 Å². The van der Waals surface area contributed by atoms with Gasteiger partial charge >= 0.3 is 0 Å². The Balaban J connectivity index is 1.58. The monoisotopic (exact) mass is 320 g/mol. The molecule has 2 aromatic carbocycles. The van der Waals surface area contributed by atoms with E-state index in [4.69, 9.17) is 0 Å². The Hall–Kier alpha value is -2.88. The van der Waals surface area contributed by atoms with Crippen LogP contribution >= 0.6 is 0 Å². The van der Waals surface area contributed by atoms with Crippen molar-refractivity contribution in [3.63, 3.8) is 0 Å². The van der Waals surface area contributed by atoms with E-state index in [9.17, 15) is 9.59 Å². The van der Waals surface area contributed by atoms with E-state index in [1.54, 1.807) is 4.90 Å². The lowest BCUT2D eigenvalue weighted by Crippen LogP contribution is -2.39. The Labute approximate surface area is 141 Å². The van der Waals surface area contributed by atoms with Gasteiger partial charge in [-0.1, -0.05) is 48.5 Å². The highest BCUT2D eigenvalue weighted by molar-refractivity contribution is 6.01. The number of para-hydroxylation sites is 1. The second-order valence-electron chi connectivity index (χ2n) is 5.84. The summed E-state index contributed by atoms with van der Waals surface area (Å²) in [7, 11) is 0. The van der Waals surface area contributed by atoms with Crippen molar-refractivity contribution in [2.24, 2.45) is 0 Å². The molecular formula is C20H20N2O2. The van der Waals surface area contributed by atoms with Crippen LogP contribution in [0.4, 0.5) is 5.69 Å². The smallest absolute Gasteiger partial charge is 0.246 e. The molecular weight excluding hydrogens is 300 g/mol. The number of carbonyl (C=O) groups excluding carboxylic acids is 2. The predicted octanol–water partition coefficient (Wildman–Crippen LogP) is 2.80. The van der Waals surface area contributed by atoms with E-state index in [1.165, 1.54) is 11.6 Å². The quantitative estimate of drug-likeness (QED) is 0.881. The molecule has 122 valence electrons. The summed E-state index contributed by atoms with van der Waals surface area (Å²) in [5, 5.41) is 2.68. The first-order chi connectivity index (χ1) is 11.6. The first-order valence-electron chi connectivity index (χ1n) is 8.05. The van der Waals surface area contributed by atoms with Crippen LogP contribution < -0.4 is 10.2 Å². The van der Waals surface area contributed by atoms with Gasteiger partial charge in [-0.05, 0) is 36.1 Å². The fourth-order valence-electron chi connectivity index (χ4n) is 2.89. The van der Waals surface area contributed by atoms with Crippen molar-refractivity contribution in [2.75, 3.05) is 18.0 Å². The average Bonchev–Trinajstić information content (AvgIpc) is 3.04. The third-order valence-electron chi connectivity index (χ3n) is 4.18. The van der Waals surface area contributed by atoms with Crippen LogP contribution in [-0.2, 0) is 16.0 Å². The Morgan fingerprint density at radius 3 is 2.58 bits per heavy atom. The summed E-state index contributed by atoms with van der Waals surface area (Å²) in [4.78, 5) is 26.1. The second-order valence-corrected chi connectivity index (χ2v) is 5.84. The number of fused-ring (bicyclic) bond motifs is 1. The van der Waals surface area contributed by atoms with Gasteiger partial charge in [0.25, 0.3) is 0 Å². The zero-order chi connectivity index (χ0) is 16.9. The highest BCUT2D eigenvalue weighted by Gasteiger charge is 2.23. The number of carbonyl (C=O) groups is 2. The van der Waals surface area contributed by atoms with E-state index in [-0.39, 0.29) is 18.4 Å². The summed E-state index contributed by atoms with van der Waals surface area (Å²) in [6.07, 6.45) is 2.39. The van der Waals surface area contributed by atoms with Gasteiger partial charge in [-0.3, -0.25) is 9.59 Å². The molecule has 1 heterocycles. The van der Waals surface area contributed by atoms with E-state index < -0.39 is 0 Å². The van der Waals surface area contributed by atoms with Crippen molar-refractivity contribution in [1.82, 2.24) is 5.32 Å². The van der Waals surface area contributed by atoms with E-state index >= 15 is 0 Å². The molecule has 0 atom stereocenters. The molecule has 0 bridgehead atoms. The number of nitrogens with one attached hydrogen (secondary N) is 1. The molecule has 0 aromatic heterocycles. The van der Waals surface area contributed by atoms with Crippen molar-refractivity contribution in [3.8, 4) is 0 Å².